The first-order valence-corrected chi connectivity index (χ1v) is 6.80. The predicted molar refractivity (Wildman–Crippen MR) is 67.0 cm³/mol. The van der Waals surface area contributed by atoms with Gasteiger partial charge < -0.3 is 10.8 Å². The molecule has 1 unspecified atom stereocenters. The zero-order valence-electron chi connectivity index (χ0n) is 10.5. The SMILES string of the molecule is Cc1cc(F)c(N)cc1S(=O)(=O)N(C)C(C)CO. The van der Waals surface area contributed by atoms with E-state index in [1.165, 1.54) is 14.0 Å². The van der Waals surface area contributed by atoms with Gasteiger partial charge in [0.05, 0.1) is 17.2 Å². The van der Waals surface area contributed by atoms with Gasteiger partial charge in [-0.2, -0.15) is 4.31 Å². The standard InChI is InChI=1S/C11H17FN2O3S/c1-7-4-9(12)10(13)5-11(7)18(16,17)14(3)8(2)6-15/h4-5,8,15H,6,13H2,1-3H3. The summed E-state index contributed by atoms with van der Waals surface area (Å²) in [6.45, 7) is 2.76. The van der Waals surface area contributed by atoms with Gasteiger partial charge in [-0.3, -0.25) is 0 Å². The fraction of sp³-hybridized carbons (Fsp3) is 0.455. The molecule has 0 amide bonds. The molecular weight excluding hydrogens is 259 g/mol. The molecule has 1 aromatic carbocycles. The van der Waals surface area contributed by atoms with Crippen molar-refractivity contribution in [3.05, 3.63) is 23.5 Å². The number of nitrogens with two attached hydrogens (primary N) is 1. The molecule has 3 N–H and O–H groups in total. The lowest BCUT2D eigenvalue weighted by Crippen LogP contribution is -2.37. The first-order valence-electron chi connectivity index (χ1n) is 5.36. The van der Waals surface area contributed by atoms with Crippen molar-refractivity contribution in [2.75, 3.05) is 19.4 Å². The summed E-state index contributed by atoms with van der Waals surface area (Å²) in [4.78, 5) is -0.0517. The summed E-state index contributed by atoms with van der Waals surface area (Å²) in [6.07, 6.45) is 0. The van der Waals surface area contributed by atoms with E-state index in [-0.39, 0.29) is 22.8 Å². The first kappa shape index (κ1) is 14.9. The number of hydrogen-bond acceptors (Lipinski definition) is 4. The number of hydrogen-bond donors (Lipinski definition) is 2. The number of aryl methyl sites for hydroxylation is 1. The van der Waals surface area contributed by atoms with Crippen LogP contribution in [0.5, 0.6) is 0 Å². The Morgan fingerprint density at radius 3 is 2.56 bits per heavy atom. The Balaban J connectivity index is 3.33. The molecule has 1 atom stereocenters. The van der Waals surface area contributed by atoms with Gasteiger partial charge in [0.25, 0.3) is 0 Å². The summed E-state index contributed by atoms with van der Waals surface area (Å²) in [5, 5.41) is 8.99. The molecule has 0 aliphatic heterocycles. The van der Waals surface area contributed by atoms with Crippen LogP contribution in [0.15, 0.2) is 17.0 Å². The van der Waals surface area contributed by atoms with Gasteiger partial charge in [-0.05, 0) is 31.5 Å². The topological polar surface area (TPSA) is 83.6 Å². The predicted octanol–water partition coefficient (Wildman–Crippen LogP) is 0.718. The normalized spacial score (nSPS) is 13.9. The summed E-state index contributed by atoms with van der Waals surface area (Å²) >= 11 is 0. The number of aliphatic hydroxyl groups is 1. The third-order valence-corrected chi connectivity index (χ3v) is 4.95. The number of benzene rings is 1. The van der Waals surface area contributed by atoms with E-state index in [4.69, 9.17) is 10.8 Å². The Kier molecular flexibility index (Phi) is 4.31. The third-order valence-electron chi connectivity index (χ3n) is 2.84. The number of nitrogen functional groups attached to an aromatic ring is 1. The van der Waals surface area contributed by atoms with Crippen LogP contribution in [0.4, 0.5) is 10.1 Å². The van der Waals surface area contributed by atoms with Gasteiger partial charge in [-0.1, -0.05) is 0 Å². The van der Waals surface area contributed by atoms with Crippen LogP contribution in [-0.4, -0.2) is 37.5 Å². The highest BCUT2D eigenvalue weighted by molar-refractivity contribution is 7.89. The number of nitrogens with zero attached hydrogens (tertiary/aromatic N) is 1. The van der Waals surface area contributed by atoms with E-state index < -0.39 is 21.9 Å². The number of anilines is 1. The van der Waals surface area contributed by atoms with E-state index in [0.29, 0.717) is 0 Å². The Morgan fingerprint density at radius 1 is 1.50 bits per heavy atom. The van der Waals surface area contributed by atoms with E-state index in [2.05, 4.69) is 0 Å². The van der Waals surface area contributed by atoms with E-state index in [0.717, 1.165) is 16.4 Å². The zero-order valence-corrected chi connectivity index (χ0v) is 11.3. The van der Waals surface area contributed by atoms with Gasteiger partial charge in [0.15, 0.2) is 0 Å². The molecule has 0 fully saturated rings. The lowest BCUT2D eigenvalue weighted by molar-refractivity contribution is 0.214. The second-order valence-electron chi connectivity index (χ2n) is 4.19. The van der Waals surface area contributed by atoms with Crippen LogP contribution in [0.3, 0.4) is 0 Å². The van der Waals surface area contributed by atoms with Crippen molar-refractivity contribution in [3.8, 4) is 0 Å². The van der Waals surface area contributed by atoms with E-state index in [1.807, 2.05) is 0 Å². The summed E-state index contributed by atoms with van der Waals surface area (Å²) in [6, 6.07) is 1.61. The van der Waals surface area contributed by atoms with Gasteiger partial charge in [0.1, 0.15) is 5.82 Å². The van der Waals surface area contributed by atoms with Crippen molar-refractivity contribution in [1.82, 2.24) is 4.31 Å². The molecule has 1 aromatic rings. The fourth-order valence-electron chi connectivity index (χ4n) is 1.45. The molecule has 0 saturated carbocycles. The highest BCUT2D eigenvalue weighted by Gasteiger charge is 2.27. The van der Waals surface area contributed by atoms with Crippen LogP contribution in [0, 0.1) is 12.7 Å². The van der Waals surface area contributed by atoms with Crippen molar-refractivity contribution in [2.24, 2.45) is 0 Å². The average molecular weight is 276 g/mol. The number of likely N-dealkylation sites (N-methyl/N-ethyl adjacent to an activating group) is 1. The molecule has 0 aliphatic carbocycles. The van der Waals surface area contributed by atoms with Crippen molar-refractivity contribution in [2.45, 2.75) is 24.8 Å². The van der Waals surface area contributed by atoms with E-state index >= 15 is 0 Å². The van der Waals surface area contributed by atoms with Gasteiger partial charge >= 0.3 is 0 Å². The molecule has 0 saturated heterocycles. The number of aliphatic hydroxyl groups excluding tert-OH is 1. The largest absolute Gasteiger partial charge is 0.396 e. The Labute approximate surface area is 106 Å². The molecule has 1 rings (SSSR count). The molecule has 0 heterocycles. The van der Waals surface area contributed by atoms with Crippen LogP contribution < -0.4 is 5.73 Å². The van der Waals surface area contributed by atoms with Crippen LogP contribution in [0.1, 0.15) is 12.5 Å². The second kappa shape index (κ2) is 5.21. The minimum Gasteiger partial charge on any atom is -0.396 e. The summed E-state index contributed by atoms with van der Waals surface area (Å²) in [5.41, 5.74) is 5.45. The Morgan fingerprint density at radius 2 is 2.06 bits per heavy atom. The zero-order chi connectivity index (χ0) is 14.1. The lowest BCUT2D eigenvalue weighted by atomic mass is 10.2. The maximum atomic E-state index is 13.2. The second-order valence-corrected chi connectivity index (χ2v) is 6.16. The fourth-order valence-corrected chi connectivity index (χ4v) is 3.05. The lowest BCUT2D eigenvalue weighted by Gasteiger charge is -2.23. The molecule has 7 heteroatoms. The maximum absolute atomic E-state index is 13.2. The monoisotopic (exact) mass is 276 g/mol. The molecule has 0 aromatic heterocycles. The maximum Gasteiger partial charge on any atom is 0.243 e. The van der Waals surface area contributed by atoms with Crippen molar-refractivity contribution in [1.29, 1.82) is 0 Å². The van der Waals surface area contributed by atoms with E-state index in [9.17, 15) is 12.8 Å². The summed E-state index contributed by atoms with van der Waals surface area (Å²) in [5.74, 6) is -0.649. The van der Waals surface area contributed by atoms with Crippen molar-refractivity contribution in [3.63, 3.8) is 0 Å². The molecule has 18 heavy (non-hydrogen) atoms. The minimum absolute atomic E-state index is 0.0517. The molecule has 102 valence electrons. The third kappa shape index (κ3) is 2.63. The molecule has 0 bridgehead atoms. The van der Waals surface area contributed by atoms with Crippen molar-refractivity contribution < 1.29 is 17.9 Å². The number of sulfonamides is 1. The number of halogens is 1. The highest BCUT2D eigenvalue weighted by Crippen LogP contribution is 2.24. The smallest absolute Gasteiger partial charge is 0.243 e. The van der Waals surface area contributed by atoms with Crippen LogP contribution >= 0.6 is 0 Å². The molecule has 0 aliphatic rings. The average Bonchev–Trinajstić information content (AvgIpc) is 2.31. The van der Waals surface area contributed by atoms with Crippen LogP contribution in [0.25, 0.3) is 0 Å². The highest BCUT2D eigenvalue weighted by atomic mass is 32.2. The number of rotatable bonds is 4. The van der Waals surface area contributed by atoms with Crippen LogP contribution in [0.2, 0.25) is 0 Å². The summed E-state index contributed by atoms with van der Waals surface area (Å²) in [7, 11) is -2.44. The van der Waals surface area contributed by atoms with Crippen molar-refractivity contribution >= 4 is 15.7 Å². The Bertz CT molecular complexity index is 545. The molecule has 0 radical (unpaired) electrons. The van der Waals surface area contributed by atoms with E-state index in [1.54, 1.807) is 6.92 Å². The molecule has 0 spiro atoms. The minimum atomic E-state index is -3.79. The Hall–Kier alpha value is -1.18. The quantitative estimate of drug-likeness (QED) is 0.794. The van der Waals surface area contributed by atoms with Gasteiger partial charge in [0, 0.05) is 13.1 Å². The molecular formula is C11H17FN2O3S. The van der Waals surface area contributed by atoms with Gasteiger partial charge in [-0.25, -0.2) is 12.8 Å². The van der Waals surface area contributed by atoms with Crippen LogP contribution in [-0.2, 0) is 10.0 Å². The van der Waals surface area contributed by atoms with Gasteiger partial charge in [0.2, 0.25) is 10.0 Å². The first-order chi connectivity index (χ1) is 8.21. The summed E-state index contributed by atoms with van der Waals surface area (Å²) < 4.78 is 38.7. The molecule has 5 nitrogen and oxygen atoms in total. The van der Waals surface area contributed by atoms with Gasteiger partial charge in [-0.15, -0.1) is 0 Å².